The first kappa shape index (κ1) is 13.0. The minimum Gasteiger partial charge on any atom is -0.460 e. The quantitative estimate of drug-likeness (QED) is 0.558. The molecule has 3 nitrogen and oxygen atoms in total. The van der Waals surface area contributed by atoms with Gasteiger partial charge in [-0.2, -0.15) is 0 Å². The van der Waals surface area contributed by atoms with Crippen LogP contribution in [0.25, 0.3) is 0 Å². The zero-order chi connectivity index (χ0) is 11.4. The summed E-state index contributed by atoms with van der Waals surface area (Å²) < 4.78 is 5.16. The van der Waals surface area contributed by atoms with Crippen molar-refractivity contribution in [2.75, 3.05) is 13.7 Å². The number of esters is 1. The number of hydrogen-bond donors (Lipinski definition) is 1. The Bertz CT molecular complexity index is 232. The number of rotatable bonds is 3. The van der Waals surface area contributed by atoms with Gasteiger partial charge in [0, 0.05) is 7.05 Å². The molecule has 3 heteroatoms. The normalized spacial score (nSPS) is 10.7. The van der Waals surface area contributed by atoms with Crippen molar-refractivity contribution < 1.29 is 9.53 Å². The first-order chi connectivity index (χ1) is 6.28. The van der Waals surface area contributed by atoms with Crippen LogP contribution in [0, 0.1) is 5.41 Å². The standard InChI is InChI=1S/C11H21NO2/c1-8(2)9(12-6)10(13)14-7-11(3,4)5/h12H,7H2,1-6H3. The molecule has 0 bridgehead atoms. The van der Waals surface area contributed by atoms with E-state index in [1.165, 1.54) is 0 Å². The van der Waals surface area contributed by atoms with E-state index >= 15 is 0 Å². The first-order valence-electron chi connectivity index (χ1n) is 4.80. The van der Waals surface area contributed by atoms with Crippen molar-refractivity contribution in [3.05, 3.63) is 11.3 Å². The number of ether oxygens (including phenoxy) is 1. The minimum atomic E-state index is -0.276. The summed E-state index contributed by atoms with van der Waals surface area (Å²) in [5.41, 5.74) is 1.50. The lowest BCUT2D eigenvalue weighted by Crippen LogP contribution is -2.24. The van der Waals surface area contributed by atoms with Gasteiger partial charge in [0.2, 0.25) is 0 Å². The minimum absolute atomic E-state index is 0.0101. The van der Waals surface area contributed by atoms with Gasteiger partial charge in [-0.15, -0.1) is 0 Å². The van der Waals surface area contributed by atoms with Crippen LogP contribution in [-0.2, 0) is 9.53 Å². The third kappa shape index (κ3) is 4.90. The molecular formula is C11H21NO2. The van der Waals surface area contributed by atoms with E-state index in [0.717, 1.165) is 5.57 Å². The molecule has 0 fully saturated rings. The maximum Gasteiger partial charge on any atom is 0.354 e. The molecule has 0 spiro atoms. The predicted octanol–water partition coefficient (Wildman–Crippen LogP) is 2.09. The summed E-state index contributed by atoms with van der Waals surface area (Å²) in [6, 6.07) is 0. The molecule has 0 radical (unpaired) electrons. The maximum absolute atomic E-state index is 11.5. The van der Waals surface area contributed by atoms with Gasteiger partial charge in [-0.05, 0) is 24.8 Å². The average Bonchev–Trinajstić information content (AvgIpc) is 2.00. The van der Waals surface area contributed by atoms with Crippen molar-refractivity contribution in [3.63, 3.8) is 0 Å². The molecular weight excluding hydrogens is 178 g/mol. The van der Waals surface area contributed by atoms with Crippen LogP contribution in [0.1, 0.15) is 34.6 Å². The molecule has 0 amide bonds. The Balaban J connectivity index is 4.29. The van der Waals surface area contributed by atoms with Gasteiger partial charge in [-0.3, -0.25) is 0 Å². The fourth-order valence-corrected chi connectivity index (χ4v) is 0.910. The zero-order valence-electron chi connectivity index (χ0n) is 10.0. The van der Waals surface area contributed by atoms with Crippen LogP contribution in [0.3, 0.4) is 0 Å². The highest BCUT2D eigenvalue weighted by atomic mass is 16.5. The number of hydrogen-bond acceptors (Lipinski definition) is 3. The van der Waals surface area contributed by atoms with Gasteiger partial charge in [0.25, 0.3) is 0 Å². The van der Waals surface area contributed by atoms with Crippen LogP contribution >= 0.6 is 0 Å². The van der Waals surface area contributed by atoms with Crippen molar-refractivity contribution in [3.8, 4) is 0 Å². The summed E-state index contributed by atoms with van der Waals surface area (Å²) in [4.78, 5) is 11.5. The predicted molar refractivity (Wildman–Crippen MR) is 57.8 cm³/mol. The van der Waals surface area contributed by atoms with Crippen molar-refractivity contribution in [2.24, 2.45) is 5.41 Å². The molecule has 0 aromatic rings. The molecule has 0 heterocycles. The average molecular weight is 199 g/mol. The molecule has 82 valence electrons. The van der Waals surface area contributed by atoms with Crippen LogP contribution in [0.15, 0.2) is 11.3 Å². The Morgan fingerprint density at radius 2 is 1.79 bits per heavy atom. The molecule has 0 aliphatic rings. The summed E-state index contributed by atoms with van der Waals surface area (Å²) in [7, 11) is 1.72. The van der Waals surface area contributed by atoms with E-state index in [0.29, 0.717) is 12.3 Å². The highest BCUT2D eigenvalue weighted by Gasteiger charge is 2.16. The number of carbonyl (C=O) groups excluding carboxylic acids is 1. The van der Waals surface area contributed by atoms with Crippen molar-refractivity contribution in [1.29, 1.82) is 0 Å². The van der Waals surface area contributed by atoms with Crippen LogP contribution in [0.5, 0.6) is 0 Å². The summed E-state index contributed by atoms with van der Waals surface area (Å²) in [5.74, 6) is -0.276. The van der Waals surface area contributed by atoms with Crippen LogP contribution in [0.4, 0.5) is 0 Å². The third-order valence-corrected chi connectivity index (χ3v) is 1.59. The van der Waals surface area contributed by atoms with Crippen LogP contribution in [-0.4, -0.2) is 19.6 Å². The smallest absolute Gasteiger partial charge is 0.354 e. The third-order valence-electron chi connectivity index (χ3n) is 1.59. The number of carbonyl (C=O) groups is 1. The lowest BCUT2D eigenvalue weighted by Gasteiger charge is -2.18. The topological polar surface area (TPSA) is 38.3 Å². The molecule has 0 saturated heterocycles. The van der Waals surface area contributed by atoms with Crippen molar-refractivity contribution in [2.45, 2.75) is 34.6 Å². The van der Waals surface area contributed by atoms with Gasteiger partial charge in [0.1, 0.15) is 5.70 Å². The van der Waals surface area contributed by atoms with Gasteiger partial charge < -0.3 is 10.1 Å². The van der Waals surface area contributed by atoms with E-state index in [9.17, 15) is 4.79 Å². The Kier molecular flexibility index (Phi) is 4.68. The first-order valence-corrected chi connectivity index (χ1v) is 4.80. The molecule has 14 heavy (non-hydrogen) atoms. The molecule has 0 aliphatic heterocycles. The molecule has 0 aromatic carbocycles. The van der Waals surface area contributed by atoms with E-state index in [1.54, 1.807) is 7.05 Å². The summed E-state index contributed by atoms with van der Waals surface area (Å²) in [5, 5.41) is 2.84. The van der Waals surface area contributed by atoms with Gasteiger partial charge in [0.15, 0.2) is 0 Å². The maximum atomic E-state index is 11.5. The monoisotopic (exact) mass is 199 g/mol. The largest absolute Gasteiger partial charge is 0.460 e. The Labute approximate surface area is 86.5 Å². The van der Waals surface area contributed by atoms with E-state index in [1.807, 2.05) is 34.6 Å². The molecule has 0 saturated carbocycles. The summed E-state index contributed by atoms with van der Waals surface area (Å²) in [6.07, 6.45) is 0. The van der Waals surface area contributed by atoms with Crippen molar-refractivity contribution >= 4 is 5.97 Å². The number of allylic oxidation sites excluding steroid dienone is 1. The molecule has 0 aliphatic carbocycles. The second-order valence-corrected chi connectivity index (χ2v) is 4.76. The second-order valence-electron chi connectivity index (χ2n) is 4.76. The molecule has 0 aromatic heterocycles. The zero-order valence-corrected chi connectivity index (χ0v) is 10.0. The molecule has 0 rings (SSSR count). The Morgan fingerprint density at radius 1 is 1.29 bits per heavy atom. The lowest BCUT2D eigenvalue weighted by molar-refractivity contribution is -0.142. The van der Waals surface area contributed by atoms with Crippen LogP contribution in [0.2, 0.25) is 0 Å². The highest BCUT2D eigenvalue weighted by molar-refractivity contribution is 5.88. The van der Waals surface area contributed by atoms with Crippen LogP contribution < -0.4 is 5.32 Å². The molecule has 0 unspecified atom stereocenters. The summed E-state index contributed by atoms with van der Waals surface area (Å²) >= 11 is 0. The van der Waals surface area contributed by atoms with Gasteiger partial charge in [-0.25, -0.2) is 4.79 Å². The number of likely N-dealkylation sites (N-methyl/N-ethyl adjacent to an activating group) is 1. The number of nitrogens with one attached hydrogen (secondary N) is 1. The second kappa shape index (κ2) is 5.03. The Morgan fingerprint density at radius 3 is 2.07 bits per heavy atom. The van der Waals surface area contributed by atoms with E-state index in [4.69, 9.17) is 4.74 Å². The van der Waals surface area contributed by atoms with E-state index in [-0.39, 0.29) is 11.4 Å². The summed E-state index contributed by atoms with van der Waals surface area (Å²) in [6.45, 7) is 10.3. The molecule has 1 N–H and O–H groups in total. The fraction of sp³-hybridized carbons (Fsp3) is 0.727. The highest BCUT2D eigenvalue weighted by Crippen LogP contribution is 2.14. The Hall–Kier alpha value is -0.990. The SMILES string of the molecule is CNC(C(=O)OCC(C)(C)C)=C(C)C. The fourth-order valence-electron chi connectivity index (χ4n) is 0.910. The molecule has 0 atom stereocenters. The van der Waals surface area contributed by atoms with Gasteiger partial charge in [0.05, 0.1) is 6.61 Å². The van der Waals surface area contributed by atoms with Gasteiger partial charge >= 0.3 is 5.97 Å². The van der Waals surface area contributed by atoms with Crippen molar-refractivity contribution in [1.82, 2.24) is 5.32 Å². The van der Waals surface area contributed by atoms with E-state index in [2.05, 4.69) is 5.32 Å². The van der Waals surface area contributed by atoms with Gasteiger partial charge in [-0.1, -0.05) is 20.8 Å². The lowest BCUT2D eigenvalue weighted by atomic mass is 9.99. The van der Waals surface area contributed by atoms with E-state index < -0.39 is 0 Å².